The van der Waals surface area contributed by atoms with Crippen molar-refractivity contribution in [3.8, 4) is 5.75 Å². The lowest BCUT2D eigenvalue weighted by molar-refractivity contribution is 0.164. The third-order valence-electron chi connectivity index (χ3n) is 3.21. The van der Waals surface area contributed by atoms with Gasteiger partial charge in [0.15, 0.2) is 0 Å². The van der Waals surface area contributed by atoms with Gasteiger partial charge in [-0.05, 0) is 51.5 Å². The second-order valence-corrected chi connectivity index (χ2v) is 5.21. The summed E-state index contributed by atoms with van der Waals surface area (Å²) in [5.41, 5.74) is 2.15. The maximum absolute atomic E-state index is 5.44. The van der Waals surface area contributed by atoms with Gasteiger partial charge in [-0.3, -0.25) is 4.90 Å². The SMILES string of the molecule is COc1ccc(C=NN)cc1CN(C(C)C)C(C)C. The maximum atomic E-state index is 5.44. The topological polar surface area (TPSA) is 50.9 Å². The first kappa shape index (κ1) is 15.5. The third-order valence-corrected chi connectivity index (χ3v) is 3.21. The van der Waals surface area contributed by atoms with Crippen LogP contribution in [0.15, 0.2) is 23.3 Å². The van der Waals surface area contributed by atoms with Gasteiger partial charge in [0.05, 0.1) is 13.3 Å². The Balaban J connectivity index is 3.05. The van der Waals surface area contributed by atoms with Gasteiger partial charge in [-0.15, -0.1) is 0 Å². The Kier molecular flexibility index (Phi) is 5.83. The Labute approximate surface area is 116 Å². The molecule has 0 aliphatic heterocycles. The van der Waals surface area contributed by atoms with E-state index in [1.165, 1.54) is 0 Å². The first-order chi connectivity index (χ1) is 8.99. The molecule has 0 heterocycles. The van der Waals surface area contributed by atoms with Crippen LogP contribution >= 0.6 is 0 Å². The number of nitrogens with zero attached hydrogens (tertiary/aromatic N) is 2. The van der Waals surface area contributed by atoms with Crippen molar-refractivity contribution < 1.29 is 4.74 Å². The molecular formula is C15H25N3O. The summed E-state index contributed by atoms with van der Waals surface area (Å²) in [6.07, 6.45) is 1.65. The van der Waals surface area contributed by atoms with E-state index >= 15 is 0 Å². The average Bonchev–Trinajstić information content (AvgIpc) is 2.35. The van der Waals surface area contributed by atoms with E-state index in [1.54, 1.807) is 13.3 Å². The number of ether oxygens (including phenoxy) is 1. The molecule has 0 aliphatic rings. The van der Waals surface area contributed by atoms with E-state index in [9.17, 15) is 0 Å². The van der Waals surface area contributed by atoms with E-state index in [-0.39, 0.29) is 0 Å². The quantitative estimate of drug-likeness (QED) is 0.487. The lowest BCUT2D eigenvalue weighted by atomic mass is 10.1. The van der Waals surface area contributed by atoms with Crippen molar-refractivity contribution in [3.05, 3.63) is 29.3 Å². The molecule has 0 saturated heterocycles. The Morgan fingerprint density at radius 2 is 1.89 bits per heavy atom. The molecule has 1 aromatic rings. The summed E-state index contributed by atoms with van der Waals surface area (Å²) in [5, 5.41) is 3.57. The first-order valence-corrected chi connectivity index (χ1v) is 6.65. The molecule has 0 amide bonds. The summed E-state index contributed by atoms with van der Waals surface area (Å²) in [4.78, 5) is 2.42. The number of hydrogen-bond donors (Lipinski definition) is 1. The van der Waals surface area contributed by atoms with E-state index < -0.39 is 0 Å². The monoisotopic (exact) mass is 263 g/mol. The van der Waals surface area contributed by atoms with Gasteiger partial charge in [-0.1, -0.05) is 0 Å². The van der Waals surface area contributed by atoms with Crippen molar-refractivity contribution >= 4 is 6.21 Å². The number of hydrogen-bond acceptors (Lipinski definition) is 4. The van der Waals surface area contributed by atoms with E-state index in [0.717, 1.165) is 23.4 Å². The Hall–Kier alpha value is -1.55. The molecular weight excluding hydrogens is 238 g/mol. The highest BCUT2D eigenvalue weighted by molar-refractivity contribution is 5.80. The predicted molar refractivity (Wildman–Crippen MR) is 80.6 cm³/mol. The summed E-state index contributed by atoms with van der Waals surface area (Å²) in [5.74, 6) is 6.11. The number of hydrazone groups is 1. The fourth-order valence-corrected chi connectivity index (χ4v) is 2.25. The lowest BCUT2D eigenvalue weighted by Gasteiger charge is -2.31. The van der Waals surface area contributed by atoms with Gasteiger partial charge >= 0.3 is 0 Å². The third kappa shape index (κ3) is 4.24. The summed E-state index contributed by atoms with van der Waals surface area (Å²) in [6, 6.07) is 6.96. The standard InChI is InChI=1S/C15H25N3O/c1-11(2)18(12(3)4)10-14-8-13(9-17-16)6-7-15(14)19-5/h6-9,11-12H,10,16H2,1-5H3. The Morgan fingerprint density at radius 3 is 2.37 bits per heavy atom. The van der Waals surface area contributed by atoms with Gasteiger partial charge in [0.2, 0.25) is 0 Å². The normalized spacial score (nSPS) is 12.0. The zero-order valence-electron chi connectivity index (χ0n) is 12.6. The highest BCUT2D eigenvalue weighted by Gasteiger charge is 2.16. The number of nitrogens with two attached hydrogens (primary N) is 1. The number of benzene rings is 1. The molecule has 1 rings (SSSR count). The van der Waals surface area contributed by atoms with Gasteiger partial charge in [0.1, 0.15) is 5.75 Å². The van der Waals surface area contributed by atoms with Crippen molar-refractivity contribution in [2.24, 2.45) is 10.9 Å². The van der Waals surface area contributed by atoms with Crippen molar-refractivity contribution in [1.82, 2.24) is 4.90 Å². The zero-order valence-corrected chi connectivity index (χ0v) is 12.6. The minimum absolute atomic E-state index is 0.483. The maximum Gasteiger partial charge on any atom is 0.123 e. The van der Waals surface area contributed by atoms with E-state index in [0.29, 0.717) is 12.1 Å². The summed E-state index contributed by atoms with van der Waals surface area (Å²) in [7, 11) is 1.70. The molecule has 2 N–H and O–H groups in total. The van der Waals surface area contributed by atoms with Gasteiger partial charge in [-0.25, -0.2) is 0 Å². The minimum Gasteiger partial charge on any atom is -0.496 e. The molecule has 0 aromatic heterocycles. The van der Waals surface area contributed by atoms with Gasteiger partial charge < -0.3 is 10.6 Å². The van der Waals surface area contributed by atoms with E-state index in [4.69, 9.17) is 10.6 Å². The molecule has 19 heavy (non-hydrogen) atoms. The average molecular weight is 263 g/mol. The molecule has 1 aromatic carbocycles. The number of methoxy groups -OCH3 is 1. The Bertz CT molecular complexity index is 419. The van der Waals surface area contributed by atoms with Crippen LogP contribution in [-0.2, 0) is 6.54 Å². The van der Waals surface area contributed by atoms with Crippen LogP contribution in [0, 0.1) is 0 Å². The lowest BCUT2D eigenvalue weighted by Crippen LogP contribution is -2.36. The van der Waals surface area contributed by atoms with Crippen LogP contribution in [0.2, 0.25) is 0 Å². The first-order valence-electron chi connectivity index (χ1n) is 6.65. The van der Waals surface area contributed by atoms with Crippen LogP contribution in [0.25, 0.3) is 0 Å². The molecule has 0 spiro atoms. The summed E-state index contributed by atoms with van der Waals surface area (Å²) < 4.78 is 5.44. The smallest absolute Gasteiger partial charge is 0.123 e. The predicted octanol–water partition coefficient (Wildman–Crippen LogP) is 2.61. The van der Waals surface area contributed by atoms with Crippen LogP contribution in [0.1, 0.15) is 38.8 Å². The van der Waals surface area contributed by atoms with Crippen molar-refractivity contribution in [3.63, 3.8) is 0 Å². The van der Waals surface area contributed by atoms with Crippen LogP contribution in [0.4, 0.5) is 0 Å². The van der Waals surface area contributed by atoms with Crippen molar-refractivity contribution in [1.29, 1.82) is 0 Å². The van der Waals surface area contributed by atoms with Crippen molar-refractivity contribution in [2.75, 3.05) is 7.11 Å². The molecule has 0 fully saturated rings. The minimum atomic E-state index is 0.483. The molecule has 0 aliphatic carbocycles. The fourth-order valence-electron chi connectivity index (χ4n) is 2.25. The summed E-state index contributed by atoms with van der Waals surface area (Å²) >= 11 is 0. The second kappa shape index (κ2) is 7.14. The molecule has 0 radical (unpaired) electrons. The molecule has 106 valence electrons. The molecule has 4 heteroatoms. The van der Waals surface area contributed by atoms with E-state index in [2.05, 4.69) is 43.8 Å². The highest BCUT2D eigenvalue weighted by atomic mass is 16.5. The van der Waals surface area contributed by atoms with Crippen LogP contribution in [-0.4, -0.2) is 30.3 Å². The van der Waals surface area contributed by atoms with Gasteiger partial charge in [0, 0.05) is 24.2 Å². The number of rotatable bonds is 6. The molecule has 0 bridgehead atoms. The highest BCUT2D eigenvalue weighted by Crippen LogP contribution is 2.23. The summed E-state index contributed by atoms with van der Waals surface area (Å²) in [6.45, 7) is 9.68. The van der Waals surface area contributed by atoms with Gasteiger partial charge in [0.25, 0.3) is 0 Å². The molecule has 0 saturated carbocycles. The Morgan fingerprint density at radius 1 is 1.26 bits per heavy atom. The molecule has 0 unspecified atom stereocenters. The van der Waals surface area contributed by atoms with Gasteiger partial charge in [-0.2, -0.15) is 5.10 Å². The van der Waals surface area contributed by atoms with E-state index in [1.807, 2.05) is 12.1 Å². The largest absolute Gasteiger partial charge is 0.496 e. The second-order valence-electron chi connectivity index (χ2n) is 5.21. The molecule has 0 atom stereocenters. The van der Waals surface area contributed by atoms with Crippen LogP contribution < -0.4 is 10.6 Å². The zero-order chi connectivity index (χ0) is 14.4. The van der Waals surface area contributed by atoms with Crippen molar-refractivity contribution in [2.45, 2.75) is 46.3 Å². The molecule has 4 nitrogen and oxygen atoms in total. The van der Waals surface area contributed by atoms with Crippen LogP contribution in [0.3, 0.4) is 0 Å². The van der Waals surface area contributed by atoms with Crippen LogP contribution in [0.5, 0.6) is 5.75 Å². The fraction of sp³-hybridized carbons (Fsp3) is 0.533.